The molecule has 3 saturated heterocycles. The van der Waals surface area contributed by atoms with E-state index in [9.17, 15) is 0 Å². The maximum Gasteiger partial charge on any atom is 0.229 e. The van der Waals surface area contributed by atoms with Crippen LogP contribution < -0.4 is 19.6 Å². The Balaban J connectivity index is 1.34. The highest BCUT2D eigenvalue weighted by Crippen LogP contribution is 2.31. The van der Waals surface area contributed by atoms with Crippen molar-refractivity contribution < 1.29 is 9.78 Å². The number of piperidine rings is 1. The number of hydrogen-bond acceptors (Lipinski definition) is 9. The smallest absolute Gasteiger partial charge is 0.229 e. The van der Waals surface area contributed by atoms with E-state index < -0.39 is 0 Å². The number of piperazine rings is 1. The number of aromatic nitrogens is 3. The van der Waals surface area contributed by atoms with Gasteiger partial charge in [-0.25, -0.2) is 14.8 Å². The van der Waals surface area contributed by atoms with Crippen LogP contribution in [0.4, 0.5) is 23.4 Å². The average molecular weight is 510 g/mol. The van der Waals surface area contributed by atoms with Gasteiger partial charge in [-0.3, -0.25) is 0 Å². The molecule has 0 amide bonds. The third-order valence-corrected chi connectivity index (χ3v) is 7.93. The van der Waals surface area contributed by atoms with Gasteiger partial charge in [0.05, 0.1) is 6.61 Å². The van der Waals surface area contributed by atoms with Crippen LogP contribution >= 0.6 is 0 Å². The van der Waals surface area contributed by atoms with Crippen molar-refractivity contribution in [2.75, 3.05) is 65.5 Å². The molecule has 3 aliphatic heterocycles. The van der Waals surface area contributed by atoms with E-state index in [4.69, 9.17) is 24.7 Å². The average Bonchev–Trinajstić information content (AvgIpc) is 3.35. The quantitative estimate of drug-likeness (QED) is 0.294. The molecule has 2 atom stereocenters. The first kappa shape index (κ1) is 26.0. The van der Waals surface area contributed by atoms with Crippen molar-refractivity contribution in [1.82, 2.24) is 15.0 Å². The van der Waals surface area contributed by atoms with E-state index in [1.807, 2.05) is 13.1 Å². The minimum atomic E-state index is 0.309. The minimum Gasteiger partial charge on any atom is -0.356 e. The van der Waals surface area contributed by atoms with Crippen LogP contribution in [0.5, 0.6) is 0 Å². The fourth-order valence-electron chi connectivity index (χ4n) is 5.92. The van der Waals surface area contributed by atoms with E-state index in [2.05, 4.69) is 52.5 Å². The summed E-state index contributed by atoms with van der Waals surface area (Å²) in [5, 5.41) is 0. The van der Waals surface area contributed by atoms with Gasteiger partial charge in [0.25, 0.3) is 0 Å². The predicted molar refractivity (Wildman–Crippen MR) is 149 cm³/mol. The molecule has 0 N–H and O–H groups in total. The van der Waals surface area contributed by atoms with Crippen molar-refractivity contribution in [3.63, 3.8) is 0 Å². The highest BCUT2D eigenvalue weighted by Gasteiger charge is 2.30. The second kappa shape index (κ2) is 11.8. The first-order valence-corrected chi connectivity index (χ1v) is 14.2. The van der Waals surface area contributed by atoms with E-state index in [-0.39, 0.29) is 0 Å². The molecular formula is C28H43N7O2. The van der Waals surface area contributed by atoms with Crippen molar-refractivity contribution in [2.24, 2.45) is 0 Å². The minimum absolute atomic E-state index is 0.309. The molecule has 37 heavy (non-hydrogen) atoms. The lowest BCUT2D eigenvalue weighted by atomic mass is 10.1. The third kappa shape index (κ3) is 5.93. The number of aryl methyl sites for hydroxylation is 1. The van der Waals surface area contributed by atoms with E-state index in [1.165, 1.54) is 32.1 Å². The first-order chi connectivity index (χ1) is 18.0. The zero-order valence-electron chi connectivity index (χ0n) is 23.0. The maximum atomic E-state index is 5.22. The number of rotatable bonds is 8. The summed E-state index contributed by atoms with van der Waals surface area (Å²) in [6, 6.07) is 5.19. The van der Waals surface area contributed by atoms with E-state index in [0.717, 1.165) is 73.8 Å². The van der Waals surface area contributed by atoms with Gasteiger partial charge in [-0.2, -0.15) is 9.97 Å². The third-order valence-electron chi connectivity index (χ3n) is 7.93. The molecule has 0 aromatic carbocycles. The summed E-state index contributed by atoms with van der Waals surface area (Å²) in [4.78, 5) is 35.0. The molecule has 5 heterocycles. The molecule has 0 aliphatic carbocycles. The van der Waals surface area contributed by atoms with E-state index >= 15 is 0 Å². The molecule has 202 valence electrons. The van der Waals surface area contributed by atoms with Crippen LogP contribution in [0.15, 0.2) is 18.3 Å². The molecular weight excluding hydrogens is 466 g/mol. The summed E-state index contributed by atoms with van der Waals surface area (Å²) < 4.78 is 0. The Morgan fingerprint density at radius 2 is 1.65 bits per heavy atom. The second-order valence-corrected chi connectivity index (χ2v) is 10.8. The Morgan fingerprint density at radius 3 is 2.35 bits per heavy atom. The van der Waals surface area contributed by atoms with Gasteiger partial charge in [0.15, 0.2) is 0 Å². The van der Waals surface area contributed by atoms with Gasteiger partial charge in [-0.1, -0.05) is 0 Å². The Labute approximate surface area is 221 Å². The van der Waals surface area contributed by atoms with Crippen LogP contribution in [0.25, 0.3) is 0 Å². The highest BCUT2D eigenvalue weighted by molar-refractivity contribution is 5.58. The van der Waals surface area contributed by atoms with Gasteiger partial charge < -0.3 is 19.6 Å². The van der Waals surface area contributed by atoms with Crippen LogP contribution in [-0.4, -0.2) is 72.9 Å². The van der Waals surface area contributed by atoms with Crippen molar-refractivity contribution in [3.8, 4) is 0 Å². The number of anilines is 4. The van der Waals surface area contributed by atoms with Crippen LogP contribution in [0, 0.1) is 6.92 Å². The molecule has 0 bridgehead atoms. The maximum absolute atomic E-state index is 5.22. The van der Waals surface area contributed by atoms with Gasteiger partial charge >= 0.3 is 0 Å². The molecule has 2 unspecified atom stereocenters. The van der Waals surface area contributed by atoms with Crippen LogP contribution in [-0.2, 0) is 16.4 Å². The highest BCUT2D eigenvalue weighted by atomic mass is 17.2. The topological polar surface area (TPSA) is 70.1 Å². The zero-order chi connectivity index (χ0) is 25.8. The molecule has 0 radical (unpaired) electrons. The Kier molecular flexibility index (Phi) is 8.30. The van der Waals surface area contributed by atoms with Gasteiger partial charge in [-0.05, 0) is 77.0 Å². The Morgan fingerprint density at radius 1 is 0.838 bits per heavy atom. The summed E-state index contributed by atoms with van der Waals surface area (Å²) in [5.41, 5.74) is 2.19. The number of pyridine rings is 1. The van der Waals surface area contributed by atoms with Crippen molar-refractivity contribution in [3.05, 3.63) is 29.5 Å². The van der Waals surface area contributed by atoms with E-state index in [0.29, 0.717) is 25.3 Å². The SMILES string of the molecule is CCOOCc1cnc(N2CCN(c3cc(N4CCCCC4)nc(N4CCCC4C)n3)C(C)C2)c(C)c1. The molecule has 2 aromatic rings. The zero-order valence-corrected chi connectivity index (χ0v) is 23.0. The molecule has 2 aromatic heterocycles. The van der Waals surface area contributed by atoms with Crippen molar-refractivity contribution in [2.45, 2.75) is 78.5 Å². The first-order valence-electron chi connectivity index (χ1n) is 14.2. The van der Waals surface area contributed by atoms with Gasteiger partial charge in [0.2, 0.25) is 5.95 Å². The van der Waals surface area contributed by atoms with Gasteiger partial charge in [0.1, 0.15) is 24.1 Å². The molecule has 0 saturated carbocycles. The number of hydrogen-bond donors (Lipinski definition) is 0. The molecule has 3 fully saturated rings. The molecule has 5 rings (SSSR count). The largest absolute Gasteiger partial charge is 0.356 e. The predicted octanol–water partition coefficient (Wildman–Crippen LogP) is 4.34. The lowest BCUT2D eigenvalue weighted by Crippen LogP contribution is -2.53. The Bertz CT molecular complexity index is 1050. The fraction of sp³-hybridized carbons (Fsp3) is 0.679. The summed E-state index contributed by atoms with van der Waals surface area (Å²) in [5.74, 6) is 4.11. The summed E-state index contributed by atoms with van der Waals surface area (Å²) in [7, 11) is 0. The van der Waals surface area contributed by atoms with Crippen molar-refractivity contribution in [1.29, 1.82) is 0 Å². The van der Waals surface area contributed by atoms with Crippen LogP contribution in [0.2, 0.25) is 0 Å². The van der Waals surface area contributed by atoms with Crippen LogP contribution in [0.1, 0.15) is 64.0 Å². The molecule has 9 nitrogen and oxygen atoms in total. The summed E-state index contributed by atoms with van der Waals surface area (Å²) >= 11 is 0. The number of nitrogens with zero attached hydrogens (tertiary/aromatic N) is 7. The molecule has 3 aliphatic rings. The van der Waals surface area contributed by atoms with Gasteiger partial charge in [0, 0.05) is 63.6 Å². The normalized spacial score (nSPS) is 22.7. The standard InChI is InChI=1S/C28H43N7O2/c1-5-36-37-20-24-16-21(2)27(29-18-24)33-14-15-34(23(4)19-33)26-17-25(32-11-7-6-8-12-32)30-28(31-26)35-13-9-10-22(35)3/h16-18,22-23H,5-15,19-20H2,1-4H3. The van der Waals surface area contributed by atoms with Crippen LogP contribution in [0.3, 0.4) is 0 Å². The fourth-order valence-corrected chi connectivity index (χ4v) is 5.92. The Hall–Kier alpha value is -2.65. The van der Waals surface area contributed by atoms with Gasteiger partial charge in [-0.15, -0.1) is 0 Å². The summed E-state index contributed by atoms with van der Waals surface area (Å²) in [6.45, 7) is 15.5. The lowest BCUT2D eigenvalue weighted by molar-refractivity contribution is -0.300. The molecule has 9 heteroatoms. The lowest BCUT2D eigenvalue weighted by Gasteiger charge is -2.42. The van der Waals surface area contributed by atoms with Crippen molar-refractivity contribution >= 4 is 23.4 Å². The summed E-state index contributed by atoms with van der Waals surface area (Å²) in [6.07, 6.45) is 8.13. The molecule has 0 spiro atoms. The van der Waals surface area contributed by atoms with E-state index in [1.54, 1.807) is 0 Å². The monoisotopic (exact) mass is 509 g/mol. The second-order valence-electron chi connectivity index (χ2n) is 10.8.